The van der Waals surface area contributed by atoms with Gasteiger partial charge in [0.05, 0.1) is 4.90 Å². The second kappa shape index (κ2) is 6.37. The summed E-state index contributed by atoms with van der Waals surface area (Å²) in [5, 5.41) is 0. The maximum Gasteiger partial charge on any atom is 0.230 e. The molecule has 0 radical (unpaired) electrons. The van der Waals surface area contributed by atoms with Crippen LogP contribution in [0.15, 0.2) is 29.2 Å². The molecule has 0 bridgehead atoms. The minimum atomic E-state index is -3.20. The van der Waals surface area contributed by atoms with E-state index in [1.54, 1.807) is 24.3 Å². The van der Waals surface area contributed by atoms with E-state index in [4.69, 9.17) is 5.73 Å². The summed E-state index contributed by atoms with van der Waals surface area (Å²) < 4.78 is 23.2. The third kappa shape index (κ3) is 4.42. The van der Waals surface area contributed by atoms with Gasteiger partial charge in [0.15, 0.2) is 0 Å². The average Bonchev–Trinajstić information content (AvgIpc) is 2.16. The van der Waals surface area contributed by atoms with Crippen LogP contribution in [0.2, 0.25) is 0 Å². The zero-order valence-corrected chi connectivity index (χ0v) is 10.8. The van der Waals surface area contributed by atoms with Gasteiger partial charge in [-0.3, -0.25) is 0 Å². The summed E-state index contributed by atoms with van der Waals surface area (Å²) in [5.74, 6) is 0.427. The van der Waals surface area contributed by atoms with E-state index in [0.717, 1.165) is 16.4 Å². The highest BCUT2D eigenvalue weighted by Gasteiger charge is 2.13. The molecule has 0 fully saturated rings. The van der Waals surface area contributed by atoms with Gasteiger partial charge in [0, 0.05) is 12.3 Å². The Morgan fingerprint density at radius 2 is 1.80 bits per heavy atom. The van der Waals surface area contributed by atoms with Gasteiger partial charge in [-0.15, -0.1) is 12.4 Å². The SMILES string of the molecule is Cc1ccc(S(=O)(=O)SCCN)cc1.Cl. The van der Waals surface area contributed by atoms with E-state index in [2.05, 4.69) is 0 Å². The third-order valence-electron chi connectivity index (χ3n) is 1.67. The van der Waals surface area contributed by atoms with Gasteiger partial charge in [0.2, 0.25) is 8.87 Å². The number of aryl methyl sites for hydroxylation is 1. The Balaban J connectivity index is 0.00000196. The lowest BCUT2D eigenvalue weighted by molar-refractivity contribution is 0.610. The first kappa shape index (κ1) is 14.8. The normalized spacial score (nSPS) is 10.8. The maximum absolute atomic E-state index is 11.6. The lowest BCUT2D eigenvalue weighted by Gasteiger charge is -2.02. The monoisotopic (exact) mass is 267 g/mol. The Morgan fingerprint density at radius 1 is 1.27 bits per heavy atom. The van der Waals surface area contributed by atoms with Gasteiger partial charge in [-0.1, -0.05) is 17.7 Å². The number of nitrogens with two attached hydrogens (primary N) is 1. The standard InChI is InChI=1S/C9H13NO2S2.ClH/c1-8-2-4-9(5-3-8)14(11,12)13-7-6-10;/h2-5H,6-7,10H2,1H3;1H. The largest absolute Gasteiger partial charge is 0.330 e. The summed E-state index contributed by atoms with van der Waals surface area (Å²) >= 11 is 0. The van der Waals surface area contributed by atoms with Crippen molar-refractivity contribution in [3.63, 3.8) is 0 Å². The quantitative estimate of drug-likeness (QED) is 0.845. The van der Waals surface area contributed by atoms with E-state index in [0.29, 0.717) is 17.2 Å². The highest BCUT2D eigenvalue weighted by molar-refractivity contribution is 8.72. The molecule has 0 aliphatic carbocycles. The van der Waals surface area contributed by atoms with E-state index < -0.39 is 8.87 Å². The molecule has 0 amide bonds. The van der Waals surface area contributed by atoms with Gasteiger partial charge < -0.3 is 5.73 Å². The summed E-state index contributed by atoms with van der Waals surface area (Å²) in [6.45, 7) is 2.29. The molecule has 0 heterocycles. The molecule has 2 N–H and O–H groups in total. The highest BCUT2D eigenvalue weighted by Crippen LogP contribution is 2.22. The molecule has 0 aromatic heterocycles. The molecule has 0 aliphatic rings. The Bertz CT molecular complexity index is 389. The molecule has 1 aromatic carbocycles. The van der Waals surface area contributed by atoms with Crippen molar-refractivity contribution in [2.75, 3.05) is 12.3 Å². The van der Waals surface area contributed by atoms with Crippen LogP contribution < -0.4 is 5.73 Å². The van der Waals surface area contributed by atoms with Crippen LogP contribution in [0.1, 0.15) is 5.56 Å². The average molecular weight is 268 g/mol. The summed E-state index contributed by atoms with van der Waals surface area (Å²) in [6.07, 6.45) is 0. The minimum absolute atomic E-state index is 0. The lowest BCUT2D eigenvalue weighted by atomic mass is 10.2. The molecule has 3 nitrogen and oxygen atoms in total. The van der Waals surface area contributed by atoms with Crippen molar-refractivity contribution in [3.8, 4) is 0 Å². The third-order valence-corrected chi connectivity index (χ3v) is 5.24. The molecule has 0 aliphatic heterocycles. The second-order valence-corrected chi connectivity index (χ2v) is 6.93. The Kier molecular flexibility index (Phi) is 6.28. The van der Waals surface area contributed by atoms with Crippen LogP contribution in [0.4, 0.5) is 0 Å². The number of rotatable bonds is 4. The Morgan fingerprint density at radius 3 is 2.27 bits per heavy atom. The molecule has 0 spiro atoms. The van der Waals surface area contributed by atoms with Gasteiger partial charge in [-0.05, 0) is 29.9 Å². The van der Waals surface area contributed by atoms with Gasteiger partial charge in [-0.25, -0.2) is 8.42 Å². The summed E-state index contributed by atoms with van der Waals surface area (Å²) in [7, 11) is -2.32. The molecular formula is C9H14ClNO2S2. The van der Waals surface area contributed by atoms with Gasteiger partial charge in [0.1, 0.15) is 0 Å². The zero-order valence-electron chi connectivity index (χ0n) is 8.34. The maximum atomic E-state index is 11.6. The predicted octanol–water partition coefficient (Wildman–Crippen LogP) is 1.80. The first-order valence-electron chi connectivity index (χ1n) is 4.22. The molecular weight excluding hydrogens is 254 g/mol. The topological polar surface area (TPSA) is 60.2 Å². The van der Waals surface area contributed by atoms with Crippen molar-refractivity contribution in [1.82, 2.24) is 0 Å². The molecule has 86 valence electrons. The van der Waals surface area contributed by atoms with Gasteiger partial charge in [0.25, 0.3) is 0 Å². The van der Waals surface area contributed by atoms with Crippen molar-refractivity contribution < 1.29 is 8.42 Å². The van der Waals surface area contributed by atoms with Crippen LogP contribution in [0.3, 0.4) is 0 Å². The van der Waals surface area contributed by atoms with Crippen molar-refractivity contribution in [2.45, 2.75) is 11.8 Å². The van der Waals surface area contributed by atoms with Crippen molar-refractivity contribution in [3.05, 3.63) is 29.8 Å². The Labute approximate surface area is 100 Å². The molecule has 0 saturated carbocycles. The summed E-state index contributed by atoms with van der Waals surface area (Å²) in [5.41, 5.74) is 6.30. The second-order valence-electron chi connectivity index (χ2n) is 2.88. The fourth-order valence-electron chi connectivity index (χ4n) is 0.931. The molecule has 1 aromatic rings. The number of hydrogen-bond acceptors (Lipinski definition) is 4. The van der Waals surface area contributed by atoms with Crippen molar-refractivity contribution in [2.24, 2.45) is 5.73 Å². The van der Waals surface area contributed by atoms with E-state index in [1.807, 2.05) is 6.92 Å². The molecule has 0 saturated heterocycles. The van der Waals surface area contributed by atoms with E-state index in [1.165, 1.54) is 0 Å². The first-order valence-corrected chi connectivity index (χ1v) is 7.21. The molecule has 15 heavy (non-hydrogen) atoms. The van der Waals surface area contributed by atoms with Crippen LogP contribution in [0.5, 0.6) is 0 Å². The number of halogens is 1. The van der Waals surface area contributed by atoms with Crippen molar-refractivity contribution >= 4 is 32.1 Å². The first-order chi connectivity index (χ1) is 6.56. The molecule has 1 rings (SSSR count). The van der Waals surface area contributed by atoms with E-state index >= 15 is 0 Å². The van der Waals surface area contributed by atoms with E-state index in [9.17, 15) is 8.42 Å². The van der Waals surface area contributed by atoms with Gasteiger partial charge >= 0.3 is 0 Å². The number of benzene rings is 1. The Hall–Kier alpha value is -0.230. The van der Waals surface area contributed by atoms with Crippen LogP contribution in [-0.4, -0.2) is 20.7 Å². The van der Waals surface area contributed by atoms with E-state index in [-0.39, 0.29) is 12.4 Å². The lowest BCUT2D eigenvalue weighted by Crippen LogP contribution is -2.05. The fraction of sp³-hybridized carbons (Fsp3) is 0.333. The fourth-order valence-corrected chi connectivity index (χ4v) is 3.54. The zero-order chi connectivity index (χ0) is 10.6. The predicted molar refractivity (Wildman–Crippen MR) is 67.1 cm³/mol. The smallest absolute Gasteiger partial charge is 0.230 e. The highest BCUT2D eigenvalue weighted by atomic mass is 35.5. The molecule has 0 atom stereocenters. The van der Waals surface area contributed by atoms with Crippen LogP contribution in [0.25, 0.3) is 0 Å². The summed E-state index contributed by atoms with van der Waals surface area (Å²) in [6, 6.07) is 6.81. The van der Waals surface area contributed by atoms with Gasteiger partial charge in [-0.2, -0.15) is 0 Å². The van der Waals surface area contributed by atoms with Crippen molar-refractivity contribution in [1.29, 1.82) is 0 Å². The van der Waals surface area contributed by atoms with Crippen LogP contribution >= 0.6 is 23.2 Å². The van der Waals surface area contributed by atoms with Crippen LogP contribution in [0, 0.1) is 6.92 Å². The molecule has 6 heteroatoms. The van der Waals surface area contributed by atoms with Crippen LogP contribution in [-0.2, 0) is 8.87 Å². The minimum Gasteiger partial charge on any atom is -0.330 e. The summed E-state index contributed by atoms with van der Waals surface area (Å²) in [4.78, 5) is 0.349. The number of hydrogen-bond donors (Lipinski definition) is 1. The molecule has 0 unspecified atom stereocenters.